The molecule has 0 aliphatic carbocycles. The molecular weight excluding hydrogens is 394 g/mol. The highest BCUT2D eigenvalue weighted by molar-refractivity contribution is 7.12. The highest BCUT2D eigenvalue weighted by Gasteiger charge is 2.23. The van der Waals surface area contributed by atoms with E-state index in [0.717, 1.165) is 22.0 Å². The van der Waals surface area contributed by atoms with Gasteiger partial charge in [-0.3, -0.25) is 9.59 Å². The van der Waals surface area contributed by atoms with Crippen molar-refractivity contribution in [2.45, 2.75) is 25.9 Å². The van der Waals surface area contributed by atoms with Gasteiger partial charge < -0.3 is 15.6 Å². The quantitative estimate of drug-likeness (QED) is 0.422. The van der Waals surface area contributed by atoms with Gasteiger partial charge in [-0.1, -0.05) is 54.1 Å². The standard InChI is InChI=1S/C24H23N3O2S/c1-16-8-10-17(11-9-16)14-26-23(28)21(27-24(29)22-7-4-12-30-22)13-18-15-25-20-6-3-2-5-19(18)20/h2-12,15,21,25H,13-14H2,1H3,(H,26,28)(H,27,29)/t21-/m0/s1. The molecule has 152 valence electrons. The van der Waals surface area contributed by atoms with Gasteiger partial charge in [0.25, 0.3) is 5.91 Å². The minimum absolute atomic E-state index is 0.203. The van der Waals surface area contributed by atoms with Gasteiger partial charge in [-0.15, -0.1) is 11.3 Å². The molecule has 0 unspecified atom stereocenters. The maximum atomic E-state index is 13.0. The van der Waals surface area contributed by atoms with E-state index in [1.165, 1.54) is 16.9 Å². The summed E-state index contributed by atoms with van der Waals surface area (Å²) in [5.74, 6) is -0.439. The Kier molecular flexibility index (Phi) is 5.95. The van der Waals surface area contributed by atoms with Gasteiger partial charge in [0.2, 0.25) is 5.91 Å². The van der Waals surface area contributed by atoms with Crippen LogP contribution >= 0.6 is 11.3 Å². The number of aromatic amines is 1. The predicted molar refractivity (Wildman–Crippen MR) is 121 cm³/mol. The number of fused-ring (bicyclic) bond motifs is 1. The zero-order valence-electron chi connectivity index (χ0n) is 16.6. The van der Waals surface area contributed by atoms with Gasteiger partial charge in [0.1, 0.15) is 6.04 Å². The number of hydrogen-bond acceptors (Lipinski definition) is 3. The van der Waals surface area contributed by atoms with Crippen molar-refractivity contribution in [1.82, 2.24) is 15.6 Å². The fourth-order valence-corrected chi connectivity index (χ4v) is 4.01. The van der Waals surface area contributed by atoms with Crippen molar-refractivity contribution in [2.75, 3.05) is 0 Å². The van der Waals surface area contributed by atoms with Gasteiger partial charge in [-0.25, -0.2) is 0 Å². The molecule has 0 bridgehead atoms. The molecule has 30 heavy (non-hydrogen) atoms. The lowest BCUT2D eigenvalue weighted by molar-refractivity contribution is -0.123. The van der Waals surface area contributed by atoms with Crippen molar-refractivity contribution in [3.63, 3.8) is 0 Å². The molecule has 2 heterocycles. The lowest BCUT2D eigenvalue weighted by Gasteiger charge is -2.18. The smallest absolute Gasteiger partial charge is 0.262 e. The number of rotatable bonds is 7. The minimum atomic E-state index is -0.677. The van der Waals surface area contributed by atoms with E-state index in [9.17, 15) is 9.59 Å². The molecule has 0 aliphatic heterocycles. The van der Waals surface area contributed by atoms with E-state index < -0.39 is 6.04 Å². The Balaban J connectivity index is 1.52. The lowest BCUT2D eigenvalue weighted by atomic mass is 10.0. The zero-order valence-corrected chi connectivity index (χ0v) is 17.5. The van der Waals surface area contributed by atoms with E-state index in [1.54, 1.807) is 6.07 Å². The number of carbonyl (C=O) groups is 2. The summed E-state index contributed by atoms with van der Waals surface area (Å²) < 4.78 is 0. The Labute approximate surface area is 179 Å². The second-order valence-corrected chi connectivity index (χ2v) is 8.22. The van der Waals surface area contributed by atoms with Crippen molar-refractivity contribution >= 4 is 34.1 Å². The lowest BCUT2D eigenvalue weighted by Crippen LogP contribution is -2.47. The Morgan fingerprint density at radius 1 is 1.03 bits per heavy atom. The van der Waals surface area contributed by atoms with Gasteiger partial charge in [-0.2, -0.15) is 0 Å². The molecule has 5 nitrogen and oxygen atoms in total. The van der Waals surface area contributed by atoms with Gasteiger partial charge in [0, 0.05) is 30.1 Å². The summed E-state index contributed by atoms with van der Waals surface area (Å²) in [5.41, 5.74) is 4.19. The average molecular weight is 418 g/mol. The molecule has 0 aliphatic rings. The molecule has 0 spiro atoms. The van der Waals surface area contributed by atoms with Crippen LogP contribution in [-0.4, -0.2) is 22.8 Å². The van der Waals surface area contributed by atoms with E-state index in [4.69, 9.17) is 0 Å². The summed E-state index contributed by atoms with van der Waals surface area (Å²) in [7, 11) is 0. The summed E-state index contributed by atoms with van der Waals surface area (Å²) in [6.45, 7) is 2.44. The first-order valence-electron chi connectivity index (χ1n) is 9.83. The van der Waals surface area contributed by atoms with Gasteiger partial charge >= 0.3 is 0 Å². The Morgan fingerprint density at radius 2 is 1.83 bits per heavy atom. The SMILES string of the molecule is Cc1ccc(CNC(=O)[C@H](Cc2c[nH]c3ccccc23)NC(=O)c2cccs2)cc1. The summed E-state index contributed by atoms with van der Waals surface area (Å²) in [6.07, 6.45) is 2.31. The summed E-state index contributed by atoms with van der Waals surface area (Å²) >= 11 is 1.36. The fourth-order valence-electron chi connectivity index (χ4n) is 3.39. The van der Waals surface area contributed by atoms with Crippen LogP contribution in [0.15, 0.2) is 72.2 Å². The van der Waals surface area contributed by atoms with Crippen molar-refractivity contribution in [2.24, 2.45) is 0 Å². The minimum Gasteiger partial charge on any atom is -0.361 e. The van der Waals surface area contributed by atoms with Crippen LogP contribution in [0.1, 0.15) is 26.4 Å². The molecule has 0 saturated heterocycles. The topological polar surface area (TPSA) is 74.0 Å². The maximum absolute atomic E-state index is 13.0. The number of aromatic nitrogens is 1. The number of carbonyl (C=O) groups excluding carboxylic acids is 2. The first-order chi connectivity index (χ1) is 14.6. The molecule has 2 aromatic carbocycles. The van der Waals surface area contributed by atoms with Crippen LogP contribution in [0, 0.1) is 6.92 Å². The van der Waals surface area contributed by atoms with Crippen LogP contribution in [-0.2, 0) is 17.8 Å². The number of aryl methyl sites for hydroxylation is 1. The first kappa shape index (κ1) is 19.9. The number of nitrogens with one attached hydrogen (secondary N) is 3. The van der Waals surface area contributed by atoms with Crippen molar-refractivity contribution in [3.05, 3.63) is 93.8 Å². The largest absolute Gasteiger partial charge is 0.361 e. The number of hydrogen-bond donors (Lipinski definition) is 3. The van der Waals surface area contributed by atoms with Gasteiger partial charge in [-0.05, 0) is 35.6 Å². The summed E-state index contributed by atoms with van der Waals surface area (Å²) in [6, 6.07) is 18.9. The summed E-state index contributed by atoms with van der Waals surface area (Å²) in [5, 5.41) is 8.79. The fraction of sp³-hybridized carbons (Fsp3) is 0.167. The van der Waals surface area contributed by atoms with Crippen LogP contribution in [0.2, 0.25) is 0 Å². The molecule has 2 amide bonds. The third kappa shape index (κ3) is 4.60. The third-order valence-electron chi connectivity index (χ3n) is 5.05. The molecule has 0 saturated carbocycles. The Morgan fingerprint density at radius 3 is 2.60 bits per heavy atom. The molecule has 4 aromatic rings. The average Bonchev–Trinajstić information content (AvgIpc) is 3.43. The monoisotopic (exact) mass is 417 g/mol. The van der Waals surface area contributed by atoms with Crippen molar-refractivity contribution < 1.29 is 9.59 Å². The zero-order chi connectivity index (χ0) is 20.9. The number of thiophene rings is 1. The molecule has 1 atom stereocenters. The number of H-pyrrole nitrogens is 1. The first-order valence-corrected chi connectivity index (χ1v) is 10.7. The molecule has 0 fully saturated rings. The van der Waals surface area contributed by atoms with E-state index in [2.05, 4.69) is 15.6 Å². The second-order valence-electron chi connectivity index (χ2n) is 7.27. The highest BCUT2D eigenvalue weighted by atomic mass is 32.1. The molecule has 2 aromatic heterocycles. The van der Waals surface area contributed by atoms with Crippen LogP contribution in [0.25, 0.3) is 10.9 Å². The van der Waals surface area contributed by atoms with Gasteiger partial charge in [0.15, 0.2) is 0 Å². The van der Waals surface area contributed by atoms with E-state index in [1.807, 2.05) is 73.1 Å². The van der Waals surface area contributed by atoms with E-state index >= 15 is 0 Å². The van der Waals surface area contributed by atoms with Crippen LogP contribution in [0.3, 0.4) is 0 Å². The van der Waals surface area contributed by atoms with E-state index in [0.29, 0.717) is 17.8 Å². The van der Waals surface area contributed by atoms with E-state index in [-0.39, 0.29) is 11.8 Å². The van der Waals surface area contributed by atoms with Crippen LogP contribution in [0.5, 0.6) is 0 Å². The van der Waals surface area contributed by atoms with Crippen molar-refractivity contribution in [3.8, 4) is 0 Å². The Bertz CT molecular complexity index is 1150. The molecule has 4 rings (SSSR count). The third-order valence-corrected chi connectivity index (χ3v) is 5.92. The highest BCUT2D eigenvalue weighted by Crippen LogP contribution is 2.19. The summed E-state index contributed by atoms with van der Waals surface area (Å²) in [4.78, 5) is 29.5. The maximum Gasteiger partial charge on any atom is 0.262 e. The number of para-hydroxylation sites is 1. The number of amides is 2. The molecule has 3 N–H and O–H groups in total. The molecule has 6 heteroatoms. The second kappa shape index (κ2) is 8.97. The van der Waals surface area contributed by atoms with Gasteiger partial charge in [0.05, 0.1) is 4.88 Å². The number of benzene rings is 2. The van der Waals surface area contributed by atoms with Crippen LogP contribution in [0.4, 0.5) is 0 Å². The normalized spacial score (nSPS) is 11.9. The Hall–Kier alpha value is -3.38. The van der Waals surface area contributed by atoms with Crippen molar-refractivity contribution in [1.29, 1.82) is 0 Å². The predicted octanol–water partition coefficient (Wildman–Crippen LogP) is 4.20. The molecule has 0 radical (unpaired) electrons. The van der Waals surface area contributed by atoms with Crippen LogP contribution < -0.4 is 10.6 Å². The molecular formula is C24H23N3O2S.